The van der Waals surface area contributed by atoms with E-state index < -0.39 is 0 Å². The van der Waals surface area contributed by atoms with Crippen molar-refractivity contribution < 1.29 is 0 Å². The highest BCUT2D eigenvalue weighted by Crippen LogP contribution is 2.47. The van der Waals surface area contributed by atoms with Crippen molar-refractivity contribution in [2.45, 2.75) is 44.1 Å². The molecule has 20 heavy (non-hydrogen) atoms. The molecular weight excluding hydrogens is 336 g/mol. The Hall–Kier alpha value is -0.250. The molecule has 3 rings (SSSR count). The number of anilines is 1. The van der Waals surface area contributed by atoms with Gasteiger partial charge in [0.2, 0.25) is 0 Å². The number of hydrogen-bond donors (Lipinski definition) is 2. The topological polar surface area (TPSA) is 38.0 Å². The molecule has 0 amide bonds. The maximum Gasteiger partial charge on any atom is 0.0568 e. The third-order valence-corrected chi connectivity index (χ3v) is 6.12. The molecule has 2 fully saturated rings. The van der Waals surface area contributed by atoms with Crippen LogP contribution >= 0.6 is 27.5 Å². The Bertz CT molecular complexity index is 489. The highest BCUT2D eigenvalue weighted by molar-refractivity contribution is 9.10. The molecule has 0 spiro atoms. The summed E-state index contributed by atoms with van der Waals surface area (Å²) in [5.74, 6) is 1.84. The predicted octanol–water partition coefficient (Wildman–Crippen LogP) is 4.81. The number of halogens is 2. The van der Waals surface area contributed by atoms with E-state index in [2.05, 4.69) is 27.3 Å². The molecule has 0 heterocycles. The lowest BCUT2D eigenvalue weighted by atomic mass is 9.73. The van der Waals surface area contributed by atoms with Gasteiger partial charge in [-0.2, -0.15) is 0 Å². The van der Waals surface area contributed by atoms with Crippen LogP contribution in [0.25, 0.3) is 0 Å². The molecule has 4 heteroatoms. The van der Waals surface area contributed by atoms with Crippen LogP contribution in [0.1, 0.15) is 38.5 Å². The number of rotatable bonds is 4. The summed E-state index contributed by atoms with van der Waals surface area (Å²) in [6.45, 7) is 0.698. The molecule has 0 saturated heterocycles. The lowest BCUT2D eigenvalue weighted by Crippen LogP contribution is -2.49. The molecule has 2 aliphatic rings. The van der Waals surface area contributed by atoms with Crippen LogP contribution in [0.3, 0.4) is 0 Å². The zero-order valence-corrected chi connectivity index (χ0v) is 14.0. The van der Waals surface area contributed by atoms with E-state index in [1.807, 2.05) is 12.1 Å². The Morgan fingerprint density at radius 1 is 1.30 bits per heavy atom. The normalized spacial score (nSPS) is 30.2. The van der Waals surface area contributed by atoms with Gasteiger partial charge in [-0.25, -0.2) is 0 Å². The molecule has 2 nitrogen and oxygen atoms in total. The van der Waals surface area contributed by atoms with Gasteiger partial charge in [0.05, 0.1) is 5.02 Å². The molecule has 1 aromatic rings. The average Bonchev–Trinajstić information content (AvgIpc) is 3.28. The van der Waals surface area contributed by atoms with Gasteiger partial charge in [0.15, 0.2) is 0 Å². The number of nitrogens with one attached hydrogen (secondary N) is 1. The van der Waals surface area contributed by atoms with Crippen molar-refractivity contribution in [3.63, 3.8) is 0 Å². The van der Waals surface area contributed by atoms with Gasteiger partial charge < -0.3 is 11.1 Å². The van der Waals surface area contributed by atoms with Crippen molar-refractivity contribution in [1.82, 2.24) is 0 Å². The first-order valence-corrected chi connectivity index (χ1v) is 8.72. The number of hydrogen-bond acceptors (Lipinski definition) is 2. The SMILES string of the molecule is NCC1(Nc2ccc(Br)c(Cl)c2)CCCC(C2CC2)C1. The first-order valence-electron chi connectivity index (χ1n) is 7.55. The van der Waals surface area contributed by atoms with Crippen molar-refractivity contribution in [3.05, 3.63) is 27.7 Å². The summed E-state index contributed by atoms with van der Waals surface area (Å²) in [5.41, 5.74) is 7.27. The van der Waals surface area contributed by atoms with Crippen molar-refractivity contribution in [3.8, 4) is 0 Å². The second-order valence-corrected chi connectivity index (χ2v) is 7.69. The molecule has 0 bridgehead atoms. The van der Waals surface area contributed by atoms with E-state index in [0.717, 1.165) is 27.0 Å². The summed E-state index contributed by atoms with van der Waals surface area (Å²) in [6, 6.07) is 6.06. The Kier molecular flexibility index (Phi) is 4.30. The lowest BCUT2D eigenvalue weighted by molar-refractivity contribution is 0.228. The van der Waals surface area contributed by atoms with Gasteiger partial charge in [-0.05, 0) is 71.6 Å². The van der Waals surface area contributed by atoms with Gasteiger partial charge in [-0.3, -0.25) is 0 Å². The summed E-state index contributed by atoms with van der Waals surface area (Å²) in [6.07, 6.45) is 7.90. The summed E-state index contributed by atoms with van der Waals surface area (Å²) in [7, 11) is 0. The van der Waals surface area contributed by atoms with Crippen molar-refractivity contribution in [2.24, 2.45) is 17.6 Å². The Balaban J connectivity index is 1.75. The van der Waals surface area contributed by atoms with Gasteiger partial charge in [-0.1, -0.05) is 24.4 Å². The molecule has 0 aromatic heterocycles. The molecule has 2 atom stereocenters. The number of benzene rings is 1. The van der Waals surface area contributed by atoms with Crippen LogP contribution in [-0.2, 0) is 0 Å². The minimum Gasteiger partial charge on any atom is -0.378 e. The van der Waals surface area contributed by atoms with E-state index >= 15 is 0 Å². The van der Waals surface area contributed by atoms with E-state index in [1.54, 1.807) is 0 Å². The molecule has 3 N–H and O–H groups in total. The second-order valence-electron chi connectivity index (χ2n) is 6.43. The van der Waals surface area contributed by atoms with Crippen LogP contribution in [-0.4, -0.2) is 12.1 Å². The monoisotopic (exact) mass is 356 g/mol. The van der Waals surface area contributed by atoms with Gasteiger partial charge in [0.25, 0.3) is 0 Å². The quantitative estimate of drug-likeness (QED) is 0.811. The van der Waals surface area contributed by atoms with Crippen molar-refractivity contribution in [1.29, 1.82) is 0 Å². The third-order valence-electron chi connectivity index (χ3n) is 4.89. The maximum atomic E-state index is 6.19. The lowest BCUT2D eigenvalue weighted by Gasteiger charge is -2.42. The Labute approximate surface area is 134 Å². The summed E-state index contributed by atoms with van der Waals surface area (Å²) >= 11 is 9.63. The molecule has 2 aliphatic carbocycles. The van der Waals surface area contributed by atoms with Gasteiger partial charge in [0.1, 0.15) is 0 Å². The average molecular weight is 358 g/mol. The molecular formula is C16H22BrClN2. The smallest absolute Gasteiger partial charge is 0.0568 e. The van der Waals surface area contributed by atoms with E-state index in [1.165, 1.54) is 38.5 Å². The summed E-state index contributed by atoms with van der Waals surface area (Å²) in [4.78, 5) is 0. The van der Waals surface area contributed by atoms with Gasteiger partial charge >= 0.3 is 0 Å². The largest absolute Gasteiger partial charge is 0.378 e. The zero-order valence-electron chi connectivity index (χ0n) is 11.7. The van der Waals surface area contributed by atoms with Crippen LogP contribution < -0.4 is 11.1 Å². The second kappa shape index (κ2) is 5.86. The maximum absolute atomic E-state index is 6.19. The van der Waals surface area contributed by atoms with E-state index in [-0.39, 0.29) is 5.54 Å². The van der Waals surface area contributed by atoms with Crippen molar-refractivity contribution in [2.75, 3.05) is 11.9 Å². The fourth-order valence-electron chi connectivity index (χ4n) is 3.61. The van der Waals surface area contributed by atoms with Gasteiger partial charge in [0, 0.05) is 22.2 Å². The van der Waals surface area contributed by atoms with Crippen molar-refractivity contribution >= 4 is 33.2 Å². The highest BCUT2D eigenvalue weighted by Gasteiger charge is 2.41. The number of nitrogens with two attached hydrogens (primary N) is 1. The first kappa shape index (κ1) is 14.7. The standard InChI is InChI=1S/C16H22BrClN2/c17-14-6-5-13(8-15(14)18)20-16(10-19)7-1-2-12(9-16)11-3-4-11/h5-6,8,11-12,20H,1-4,7,9-10,19H2. The fraction of sp³-hybridized carbons (Fsp3) is 0.625. The zero-order chi connectivity index (χ0) is 14.2. The molecule has 0 aliphatic heterocycles. The molecule has 1 aromatic carbocycles. The molecule has 0 radical (unpaired) electrons. The fourth-order valence-corrected chi connectivity index (χ4v) is 4.04. The van der Waals surface area contributed by atoms with Crippen LogP contribution in [0, 0.1) is 11.8 Å². The molecule has 2 unspecified atom stereocenters. The van der Waals surface area contributed by atoms with Gasteiger partial charge in [-0.15, -0.1) is 0 Å². The van der Waals surface area contributed by atoms with E-state index in [9.17, 15) is 0 Å². The van der Waals surface area contributed by atoms with Crippen LogP contribution in [0.15, 0.2) is 22.7 Å². The molecule has 2 saturated carbocycles. The highest BCUT2D eigenvalue weighted by atomic mass is 79.9. The van der Waals surface area contributed by atoms with E-state index in [0.29, 0.717) is 6.54 Å². The van der Waals surface area contributed by atoms with Crippen LogP contribution in [0.2, 0.25) is 5.02 Å². The minimum atomic E-state index is 0.0582. The summed E-state index contributed by atoms with van der Waals surface area (Å²) < 4.78 is 0.936. The Morgan fingerprint density at radius 3 is 2.75 bits per heavy atom. The molecule has 110 valence electrons. The van der Waals surface area contributed by atoms with Crippen LogP contribution in [0.4, 0.5) is 5.69 Å². The minimum absolute atomic E-state index is 0.0582. The summed E-state index contributed by atoms with van der Waals surface area (Å²) in [5, 5.41) is 4.44. The third kappa shape index (κ3) is 3.15. The first-order chi connectivity index (χ1) is 9.62. The van der Waals surface area contributed by atoms with E-state index in [4.69, 9.17) is 17.3 Å². The van der Waals surface area contributed by atoms with Crippen LogP contribution in [0.5, 0.6) is 0 Å². The Morgan fingerprint density at radius 2 is 2.10 bits per heavy atom. The predicted molar refractivity (Wildman–Crippen MR) is 89.2 cm³/mol.